The smallest absolute Gasteiger partial charge is 0.716 e. The molecular formula is C18H33NaO6S. The van der Waals surface area contributed by atoms with Gasteiger partial charge in [-0.2, -0.15) is 0 Å². The number of rotatable bonds is 16. The van der Waals surface area contributed by atoms with Crippen LogP contribution in [0.15, 0.2) is 12.0 Å². The molecule has 0 aromatic heterocycles. The van der Waals surface area contributed by atoms with Crippen molar-refractivity contribution in [2.24, 2.45) is 0 Å². The maximum Gasteiger partial charge on any atom is 1.00 e. The van der Waals surface area contributed by atoms with Gasteiger partial charge >= 0.3 is 35.5 Å². The Balaban J connectivity index is 0. The number of ether oxygens (including phenoxy) is 1. The van der Waals surface area contributed by atoms with Crippen LogP contribution in [0, 0.1) is 0 Å². The summed E-state index contributed by atoms with van der Waals surface area (Å²) in [6, 6.07) is 0. The number of hydrogen-bond donors (Lipinski definition) is 0. The summed E-state index contributed by atoms with van der Waals surface area (Å²) in [4.78, 5) is 10.8. The molecule has 8 heteroatoms. The van der Waals surface area contributed by atoms with E-state index in [9.17, 15) is 17.8 Å². The molecule has 0 aromatic rings. The number of carbonyl (C=O) groups is 1. The van der Waals surface area contributed by atoms with Crippen LogP contribution < -0.4 is 29.6 Å². The van der Waals surface area contributed by atoms with E-state index in [0.717, 1.165) is 26.2 Å². The molecule has 0 saturated carbocycles. The molecule has 0 radical (unpaired) electrons. The molecule has 0 atom stereocenters. The largest absolute Gasteiger partial charge is 1.00 e. The molecule has 0 aliphatic rings. The Bertz CT molecular complexity index is 476. The van der Waals surface area contributed by atoms with Crippen molar-refractivity contribution in [3.63, 3.8) is 0 Å². The van der Waals surface area contributed by atoms with Gasteiger partial charge in [-0.3, -0.25) is 4.79 Å². The Labute approximate surface area is 181 Å². The SMILES string of the molecule is CCCCCCCCCCCCCCC=C(OC(C)=O)OS(=O)(=O)[O-].[Na+]. The van der Waals surface area contributed by atoms with Crippen LogP contribution in [0.4, 0.5) is 0 Å². The molecule has 0 spiro atoms. The van der Waals surface area contributed by atoms with Crippen LogP contribution in [-0.2, 0) is 24.1 Å². The first-order valence-corrected chi connectivity index (χ1v) is 10.7. The quantitative estimate of drug-likeness (QED) is 0.0982. The molecule has 0 saturated heterocycles. The molecule has 0 fully saturated rings. The maximum absolute atomic E-state index is 10.8. The number of carbonyl (C=O) groups excluding carboxylic acids is 1. The summed E-state index contributed by atoms with van der Waals surface area (Å²) in [6.07, 6.45) is 16.5. The van der Waals surface area contributed by atoms with Gasteiger partial charge in [-0.05, 0) is 18.9 Å². The van der Waals surface area contributed by atoms with Crippen LogP contribution in [-0.4, -0.2) is 18.9 Å². The van der Waals surface area contributed by atoms with Gasteiger partial charge in [0.05, 0.1) is 0 Å². The zero-order valence-corrected chi connectivity index (χ0v) is 19.4. The Morgan fingerprint density at radius 2 is 1.31 bits per heavy atom. The molecule has 0 amide bonds. The number of hydrogen-bond acceptors (Lipinski definition) is 6. The average molecular weight is 401 g/mol. The minimum absolute atomic E-state index is 0. The van der Waals surface area contributed by atoms with Gasteiger partial charge in [0, 0.05) is 6.92 Å². The van der Waals surface area contributed by atoms with Crippen molar-refractivity contribution in [3.8, 4) is 0 Å². The Morgan fingerprint density at radius 3 is 1.69 bits per heavy atom. The first-order chi connectivity index (χ1) is 11.8. The summed E-state index contributed by atoms with van der Waals surface area (Å²) in [5, 5.41) is 0. The monoisotopic (exact) mass is 400 g/mol. The van der Waals surface area contributed by atoms with E-state index in [4.69, 9.17) is 0 Å². The molecule has 0 rings (SSSR count). The third-order valence-electron chi connectivity index (χ3n) is 3.80. The van der Waals surface area contributed by atoms with Crippen LogP contribution in [0.1, 0.15) is 97.3 Å². The summed E-state index contributed by atoms with van der Waals surface area (Å²) in [7, 11) is -4.93. The van der Waals surface area contributed by atoms with E-state index < -0.39 is 22.3 Å². The van der Waals surface area contributed by atoms with E-state index in [1.807, 2.05) is 0 Å². The van der Waals surface area contributed by atoms with Crippen molar-refractivity contribution in [3.05, 3.63) is 12.0 Å². The first kappa shape index (κ1) is 28.1. The summed E-state index contributed by atoms with van der Waals surface area (Å²) >= 11 is 0. The number of esters is 1. The molecule has 0 N–H and O–H groups in total. The van der Waals surface area contributed by atoms with Crippen molar-refractivity contribution >= 4 is 16.4 Å². The predicted octanol–water partition coefficient (Wildman–Crippen LogP) is 1.96. The van der Waals surface area contributed by atoms with E-state index >= 15 is 0 Å². The number of unbranched alkanes of at least 4 members (excludes halogenated alkanes) is 12. The van der Waals surface area contributed by atoms with Gasteiger partial charge in [-0.25, -0.2) is 8.42 Å². The van der Waals surface area contributed by atoms with Gasteiger partial charge < -0.3 is 13.5 Å². The van der Waals surface area contributed by atoms with E-state index in [2.05, 4.69) is 15.8 Å². The third kappa shape index (κ3) is 22.0. The minimum Gasteiger partial charge on any atom is -0.716 e. The molecule has 0 unspecified atom stereocenters. The van der Waals surface area contributed by atoms with Crippen molar-refractivity contribution in [1.82, 2.24) is 0 Å². The van der Waals surface area contributed by atoms with E-state index in [0.29, 0.717) is 6.42 Å². The molecule has 0 aromatic carbocycles. The van der Waals surface area contributed by atoms with Crippen molar-refractivity contribution < 1.29 is 56.2 Å². The van der Waals surface area contributed by atoms with Gasteiger partial charge in [0.1, 0.15) is 0 Å². The second-order valence-electron chi connectivity index (χ2n) is 6.29. The fourth-order valence-corrected chi connectivity index (χ4v) is 2.84. The summed E-state index contributed by atoms with van der Waals surface area (Å²) in [5.41, 5.74) is 0. The van der Waals surface area contributed by atoms with Gasteiger partial charge in [0.15, 0.2) is 0 Å². The standard InChI is InChI=1S/C18H34O6S.Na/c1-3-4-5-6-7-8-9-10-11-12-13-14-15-16-18(23-17(2)19)24-25(20,21)22;/h16H,3-15H2,1-2H3,(H,20,21,22);/q;+1/p-1. The Kier molecular flexibility index (Phi) is 19.8. The van der Waals surface area contributed by atoms with Crippen LogP contribution in [0.2, 0.25) is 0 Å². The van der Waals surface area contributed by atoms with Crippen molar-refractivity contribution in [2.45, 2.75) is 97.3 Å². The third-order valence-corrected chi connectivity index (χ3v) is 4.17. The predicted molar refractivity (Wildman–Crippen MR) is 96.3 cm³/mol. The fraction of sp³-hybridized carbons (Fsp3) is 0.833. The number of allylic oxidation sites excluding steroid dienone is 1. The normalized spacial score (nSPS) is 11.7. The average Bonchev–Trinajstić information content (AvgIpc) is 2.49. The summed E-state index contributed by atoms with van der Waals surface area (Å²) < 4.78 is 40.3. The van der Waals surface area contributed by atoms with Gasteiger partial charge in [-0.1, -0.05) is 77.6 Å². The molecule has 0 bridgehead atoms. The van der Waals surface area contributed by atoms with Crippen LogP contribution in [0.3, 0.4) is 0 Å². The molecule has 0 aliphatic heterocycles. The Hall–Kier alpha value is -0.0800. The van der Waals surface area contributed by atoms with Crippen LogP contribution in [0.5, 0.6) is 0 Å². The molecule has 0 heterocycles. The van der Waals surface area contributed by atoms with Crippen LogP contribution in [0.25, 0.3) is 0 Å². The second kappa shape index (κ2) is 18.3. The van der Waals surface area contributed by atoms with Gasteiger partial charge in [-0.15, -0.1) is 0 Å². The Morgan fingerprint density at radius 1 is 0.885 bits per heavy atom. The molecule has 0 aliphatic carbocycles. The maximum atomic E-state index is 10.8. The van der Waals surface area contributed by atoms with Gasteiger partial charge in [0.2, 0.25) is 0 Å². The zero-order chi connectivity index (χ0) is 19.0. The zero-order valence-electron chi connectivity index (χ0n) is 16.6. The van der Waals surface area contributed by atoms with Crippen molar-refractivity contribution in [2.75, 3.05) is 0 Å². The topological polar surface area (TPSA) is 92.7 Å². The molecule has 148 valence electrons. The van der Waals surface area contributed by atoms with Gasteiger partial charge in [0.25, 0.3) is 16.3 Å². The summed E-state index contributed by atoms with van der Waals surface area (Å²) in [6.45, 7) is 3.34. The van der Waals surface area contributed by atoms with Crippen molar-refractivity contribution in [1.29, 1.82) is 0 Å². The van der Waals surface area contributed by atoms with E-state index in [1.165, 1.54) is 63.9 Å². The molecule has 6 nitrogen and oxygen atoms in total. The van der Waals surface area contributed by atoms with E-state index in [-0.39, 0.29) is 29.6 Å². The first-order valence-electron chi connectivity index (χ1n) is 9.39. The molecular weight excluding hydrogens is 367 g/mol. The second-order valence-corrected chi connectivity index (χ2v) is 7.27. The van der Waals surface area contributed by atoms with Crippen LogP contribution >= 0.6 is 0 Å². The fourth-order valence-electron chi connectivity index (χ4n) is 2.54. The minimum atomic E-state index is -4.93. The summed E-state index contributed by atoms with van der Waals surface area (Å²) in [5.74, 6) is -1.28. The van der Waals surface area contributed by atoms with E-state index in [1.54, 1.807) is 0 Å². The molecule has 26 heavy (non-hydrogen) atoms.